The molecule has 3 aliphatic rings. The Balaban J connectivity index is 0.964. The van der Waals surface area contributed by atoms with Crippen molar-refractivity contribution in [2.24, 2.45) is 0 Å². The molecule has 8 heteroatoms. The van der Waals surface area contributed by atoms with E-state index in [2.05, 4.69) is 39.8 Å². The summed E-state index contributed by atoms with van der Waals surface area (Å²) in [5.41, 5.74) is 4.18. The quantitative estimate of drug-likeness (QED) is 0.328. The highest BCUT2D eigenvalue weighted by Crippen LogP contribution is 2.30. The number of benzene rings is 2. The molecule has 0 saturated carbocycles. The van der Waals surface area contributed by atoms with Crippen molar-refractivity contribution in [1.82, 2.24) is 15.5 Å². The topological polar surface area (TPSA) is 91.0 Å². The van der Waals surface area contributed by atoms with Crippen LogP contribution in [0.3, 0.4) is 0 Å². The Morgan fingerprint density at radius 1 is 0.974 bits per heavy atom. The van der Waals surface area contributed by atoms with Crippen molar-refractivity contribution in [3.63, 3.8) is 0 Å². The molecule has 1 unspecified atom stereocenters. The van der Waals surface area contributed by atoms with Crippen LogP contribution in [0.2, 0.25) is 0 Å². The monoisotopic (exact) mass is 518 g/mol. The molecule has 1 atom stereocenters. The SMILES string of the molecule is O=C1CCC(N2Cc3cc(OCCCCCCNCc4cccc(N5CCCC5)c4)ccc3C2=O)C(=O)N1. The number of imide groups is 1. The number of nitrogens with one attached hydrogen (secondary N) is 2. The van der Waals surface area contributed by atoms with Crippen LogP contribution >= 0.6 is 0 Å². The molecule has 2 saturated heterocycles. The largest absolute Gasteiger partial charge is 0.494 e. The number of amides is 3. The van der Waals surface area contributed by atoms with Crippen LogP contribution in [-0.2, 0) is 22.7 Å². The molecular weight excluding hydrogens is 480 g/mol. The normalized spacial score (nSPS) is 19.2. The lowest BCUT2D eigenvalue weighted by Crippen LogP contribution is -2.52. The first kappa shape index (κ1) is 26.2. The smallest absolute Gasteiger partial charge is 0.255 e. The van der Waals surface area contributed by atoms with E-state index in [1.807, 2.05) is 12.1 Å². The highest BCUT2D eigenvalue weighted by molar-refractivity contribution is 6.05. The van der Waals surface area contributed by atoms with Gasteiger partial charge in [-0.15, -0.1) is 0 Å². The van der Waals surface area contributed by atoms with E-state index in [1.54, 1.807) is 11.0 Å². The zero-order valence-electron chi connectivity index (χ0n) is 22.0. The number of fused-ring (bicyclic) bond motifs is 1. The second-order valence-corrected chi connectivity index (χ2v) is 10.5. The number of ether oxygens (including phenoxy) is 1. The zero-order chi connectivity index (χ0) is 26.3. The third-order valence-corrected chi connectivity index (χ3v) is 7.72. The molecule has 3 heterocycles. The van der Waals surface area contributed by atoms with Gasteiger partial charge < -0.3 is 19.9 Å². The maximum atomic E-state index is 12.8. The number of carbonyl (C=O) groups is 3. The van der Waals surface area contributed by atoms with Crippen molar-refractivity contribution in [2.45, 2.75) is 70.5 Å². The summed E-state index contributed by atoms with van der Waals surface area (Å²) in [6, 6.07) is 13.8. The van der Waals surface area contributed by atoms with Crippen LogP contribution in [0.4, 0.5) is 5.69 Å². The van der Waals surface area contributed by atoms with E-state index in [4.69, 9.17) is 4.74 Å². The minimum absolute atomic E-state index is 0.158. The molecule has 3 aliphatic heterocycles. The standard InChI is InChI=1S/C30H38N4O4/c35-28-13-12-27(29(36)32-28)34-21-23-19-25(10-11-26(23)30(34)37)38-17-6-2-1-3-14-31-20-22-8-7-9-24(18-22)33-15-4-5-16-33/h7-11,18-19,27,31H,1-6,12-17,20-21H2,(H,32,35,36). The van der Waals surface area contributed by atoms with Gasteiger partial charge in [-0.25, -0.2) is 0 Å². The van der Waals surface area contributed by atoms with Crippen molar-refractivity contribution < 1.29 is 19.1 Å². The molecule has 0 aliphatic carbocycles. The fraction of sp³-hybridized carbons (Fsp3) is 0.500. The van der Waals surface area contributed by atoms with Gasteiger partial charge in [-0.05, 0) is 80.1 Å². The first-order valence-corrected chi connectivity index (χ1v) is 14.0. The van der Waals surface area contributed by atoms with Crippen molar-refractivity contribution in [1.29, 1.82) is 0 Å². The van der Waals surface area contributed by atoms with E-state index in [0.717, 1.165) is 50.1 Å². The van der Waals surface area contributed by atoms with Crippen LogP contribution in [0.5, 0.6) is 5.75 Å². The van der Waals surface area contributed by atoms with Crippen molar-refractivity contribution in [3.8, 4) is 5.75 Å². The summed E-state index contributed by atoms with van der Waals surface area (Å²) in [6.07, 6.45) is 7.62. The number of unbranched alkanes of at least 4 members (excludes halogenated alkanes) is 3. The molecule has 38 heavy (non-hydrogen) atoms. The van der Waals surface area contributed by atoms with Gasteiger partial charge in [0.1, 0.15) is 11.8 Å². The van der Waals surface area contributed by atoms with Crippen LogP contribution in [0.1, 0.15) is 72.9 Å². The first-order valence-electron chi connectivity index (χ1n) is 14.0. The lowest BCUT2D eigenvalue weighted by Gasteiger charge is -2.29. The molecule has 3 amide bonds. The molecule has 0 spiro atoms. The molecule has 2 aromatic carbocycles. The maximum Gasteiger partial charge on any atom is 0.255 e. The molecule has 2 N–H and O–H groups in total. The van der Waals surface area contributed by atoms with Gasteiger partial charge in [0.15, 0.2) is 0 Å². The lowest BCUT2D eigenvalue weighted by molar-refractivity contribution is -0.136. The van der Waals surface area contributed by atoms with Crippen molar-refractivity contribution in [2.75, 3.05) is 31.1 Å². The van der Waals surface area contributed by atoms with Gasteiger partial charge in [-0.3, -0.25) is 19.7 Å². The van der Waals surface area contributed by atoms with Gasteiger partial charge in [0, 0.05) is 43.9 Å². The van der Waals surface area contributed by atoms with E-state index in [0.29, 0.717) is 25.1 Å². The number of hydrogen-bond acceptors (Lipinski definition) is 6. The van der Waals surface area contributed by atoms with Gasteiger partial charge in [0.25, 0.3) is 5.91 Å². The summed E-state index contributed by atoms with van der Waals surface area (Å²) in [7, 11) is 0. The fourth-order valence-electron chi connectivity index (χ4n) is 5.61. The number of carbonyl (C=O) groups excluding carboxylic acids is 3. The molecular formula is C30H38N4O4. The molecule has 2 fully saturated rings. The highest BCUT2D eigenvalue weighted by Gasteiger charge is 2.39. The average molecular weight is 519 g/mol. The Hall–Kier alpha value is -3.39. The summed E-state index contributed by atoms with van der Waals surface area (Å²) >= 11 is 0. The summed E-state index contributed by atoms with van der Waals surface area (Å²) in [5, 5.41) is 5.91. The molecule has 202 valence electrons. The van der Waals surface area contributed by atoms with Crippen LogP contribution in [-0.4, -0.2) is 54.9 Å². The zero-order valence-corrected chi connectivity index (χ0v) is 22.0. The Bertz CT molecular complexity index is 1160. The molecule has 0 radical (unpaired) electrons. The van der Waals surface area contributed by atoms with E-state index in [1.165, 1.54) is 37.2 Å². The van der Waals surface area contributed by atoms with Crippen LogP contribution in [0.25, 0.3) is 0 Å². The number of nitrogens with zero attached hydrogens (tertiary/aromatic N) is 2. The third kappa shape index (κ3) is 6.35. The van der Waals surface area contributed by atoms with Crippen molar-refractivity contribution >= 4 is 23.4 Å². The van der Waals surface area contributed by atoms with E-state index in [-0.39, 0.29) is 24.1 Å². The van der Waals surface area contributed by atoms with Gasteiger partial charge in [-0.2, -0.15) is 0 Å². The van der Waals surface area contributed by atoms with E-state index >= 15 is 0 Å². The number of anilines is 1. The summed E-state index contributed by atoms with van der Waals surface area (Å²) in [6.45, 7) is 5.28. The molecule has 0 bridgehead atoms. The Morgan fingerprint density at radius 3 is 2.66 bits per heavy atom. The minimum Gasteiger partial charge on any atom is -0.494 e. The summed E-state index contributed by atoms with van der Waals surface area (Å²) in [4.78, 5) is 40.5. The van der Waals surface area contributed by atoms with E-state index < -0.39 is 6.04 Å². The maximum absolute atomic E-state index is 12.8. The molecule has 8 nitrogen and oxygen atoms in total. The highest BCUT2D eigenvalue weighted by atomic mass is 16.5. The van der Waals surface area contributed by atoms with Gasteiger partial charge in [-0.1, -0.05) is 25.0 Å². The molecule has 0 aromatic heterocycles. The molecule has 5 rings (SSSR count). The van der Waals surface area contributed by atoms with Crippen LogP contribution in [0.15, 0.2) is 42.5 Å². The fourth-order valence-corrected chi connectivity index (χ4v) is 5.61. The first-order chi connectivity index (χ1) is 18.6. The van der Waals surface area contributed by atoms with Crippen LogP contribution < -0.4 is 20.3 Å². The van der Waals surface area contributed by atoms with Gasteiger partial charge in [0.05, 0.1) is 6.61 Å². The van der Waals surface area contributed by atoms with E-state index in [9.17, 15) is 14.4 Å². The minimum atomic E-state index is -0.591. The van der Waals surface area contributed by atoms with Gasteiger partial charge in [0.2, 0.25) is 11.8 Å². The summed E-state index contributed by atoms with van der Waals surface area (Å²) < 4.78 is 5.95. The predicted molar refractivity (Wildman–Crippen MR) is 146 cm³/mol. The Morgan fingerprint density at radius 2 is 1.82 bits per heavy atom. The Labute approximate surface area is 224 Å². The summed E-state index contributed by atoms with van der Waals surface area (Å²) in [5.74, 6) is -0.0739. The second kappa shape index (κ2) is 12.4. The molecule has 2 aromatic rings. The third-order valence-electron chi connectivity index (χ3n) is 7.72. The lowest BCUT2D eigenvalue weighted by atomic mass is 10.0. The Kier molecular flexibility index (Phi) is 8.58. The number of rotatable bonds is 12. The number of piperidine rings is 1. The van der Waals surface area contributed by atoms with Crippen LogP contribution in [0, 0.1) is 0 Å². The average Bonchev–Trinajstić information content (AvgIpc) is 3.57. The number of hydrogen-bond donors (Lipinski definition) is 2. The predicted octanol–water partition coefficient (Wildman–Crippen LogP) is 3.78. The van der Waals surface area contributed by atoms with Crippen molar-refractivity contribution in [3.05, 3.63) is 59.2 Å². The second-order valence-electron chi connectivity index (χ2n) is 10.5. The van der Waals surface area contributed by atoms with Gasteiger partial charge >= 0.3 is 0 Å².